The van der Waals surface area contributed by atoms with Gasteiger partial charge in [0.2, 0.25) is 0 Å². The van der Waals surface area contributed by atoms with Crippen LogP contribution in [0.1, 0.15) is 10.5 Å². The fraction of sp³-hybridized carbons (Fsp3) is 0.308. The van der Waals surface area contributed by atoms with E-state index in [1.165, 1.54) is 11.5 Å². The molecule has 0 saturated carbocycles. The number of nitrogen functional groups attached to an aromatic ring is 1. The molecule has 2 aromatic rings. The van der Waals surface area contributed by atoms with Crippen molar-refractivity contribution in [2.45, 2.75) is 0 Å². The molecule has 1 aromatic heterocycles. The van der Waals surface area contributed by atoms with Crippen LogP contribution in [0, 0.1) is 0 Å². The number of anilines is 2. The summed E-state index contributed by atoms with van der Waals surface area (Å²) in [6.07, 6.45) is 0. The molecule has 1 aliphatic heterocycles. The molecule has 1 aromatic carbocycles. The Hall–Kier alpha value is -2.15. The molecule has 0 radical (unpaired) electrons. The second-order valence-electron chi connectivity index (χ2n) is 4.66. The molecule has 2 heterocycles. The largest absolute Gasteiger partial charge is 0.399 e. The van der Waals surface area contributed by atoms with Crippen molar-refractivity contribution in [3.05, 3.63) is 35.3 Å². The number of carbonyl (C=O) groups excluding carboxylic acids is 1. The van der Waals surface area contributed by atoms with Crippen LogP contribution in [0.5, 0.6) is 0 Å². The smallest absolute Gasteiger partial charge is 0.275 e. The van der Waals surface area contributed by atoms with E-state index in [4.69, 9.17) is 5.73 Å². The first-order valence-corrected chi connectivity index (χ1v) is 7.24. The number of piperazine rings is 1. The molecule has 0 atom stereocenters. The van der Waals surface area contributed by atoms with Gasteiger partial charge < -0.3 is 15.5 Å². The Kier molecular flexibility index (Phi) is 3.51. The van der Waals surface area contributed by atoms with E-state index in [9.17, 15) is 4.79 Å². The molecule has 1 saturated heterocycles. The quantitative estimate of drug-likeness (QED) is 0.837. The van der Waals surface area contributed by atoms with E-state index >= 15 is 0 Å². The van der Waals surface area contributed by atoms with Crippen LogP contribution in [0.4, 0.5) is 11.4 Å². The van der Waals surface area contributed by atoms with Gasteiger partial charge >= 0.3 is 0 Å². The van der Waals surface area contributed by atoms with Gasteiger partial charge in [-0.15, -0.1) is 5.10 Å². The van der Waals surface area contributed by atoms with E-state index in [-0.39, 0.29) is 5.91 Å². The second-order valence-corrected chi connectivity index (χ2v) is 5.27. The fourth-order valence-corrected chi connectivity index (χ4v) is 2.74. The predicted molar refractivity (Wildman–Crippen MR) is 78.9 cm³/mol. The van der Waals surface area contributed by atoms with Crippen LogP contribution in [-0.2, 0) is 0 Å². The summed E-state index contributed by atoms with van der Waals surface area (Å²) < 4.78 is 3.73. The highest BCUT2D eigenvalue weighted by molar-refractivity contribution is 7.03. The van der Waals surface area contributed by atoms with E-state index in [2.05, 4.69) is 14.5 Å². The van der Waals surface area contributed by atoms with Crippen LogP contribution in [0.3, 0.4) is 0 Å². The maximum atomic E-state index is 12.1. The standard InChI is InChI=1S/C13H15N5OS/c14-10-2-1-3-11(8-10)17-4-6-18(7-5-17)13(19)12-9-20-16-15-12/h1-3,8-9H,4-7,14H2. The monoisotopic (exact) mass is 289 g/mol. The lowest BCUT2D eigenvalue weighted by molar-refractivity contribution is 0.0741. The van der Waals surface area contributed by atoms with E-state index < -0.39 is 0 Å². The molecule has 20 heavy (non-hydrogen) atoms. The molecule has 7 heteroatoms. The van der Waals surface area contributed by atoms with Crippen LogP contribution in [0.2, 0.25) is 0 Å². The third kappa shape index (κ3) is 2.57. The Labute approximate surface area is 121 Å². The zero-order valence-electron chi connectivity index (χ0n) is 10.9. The lowest BCUT2D eigenvalue weighted by atomic mass is 10.2. The minimum atomic E-state index is -0.0361. The number of nitrogens with two attached hydrogens (primary N) is 1. The van der Waals surface area contributed by atoms with Gasteiger partial charge in [-0.3, -0.25) is 4.79 Å². The number of hydrogen-bond acceptors (Lipinski definition) is 6. The maximum Gasteiger partial charge on any atom is 0.275 e. The highest BCUT2D eigenvalue weighted by Gasteiger charge is 2.23. The Morgan fingerprint density at radius 3 is 2.70 bits per heavy atom. The van der Waals surface area contributed by atoms with Crippen molar-refractivity contribution in [3.8, 4) is 0 Å². The fourth-order valence-electron chi connectivity index (χ4n) is 2.31. The molecule has 0 unspecified atom stereocenters. The molecule has 0 aliphatic carbocycles. The molecular formula is C13H15N5OS. The van der Waals surface area contributed by atoms with Gasteiger partial charge in [0.1, 0.15) is 0 Å². The third-order valence-corrected chi connectivity index (χ3v) is 3.89. The Bertz CT molecular complexity index is 593. The average molecular weight is 289 g/mol. The van der Waals surface area contributed by atoms with Crippen molar-refractivity contribution in [1.82, 2.24) is 14.5 Å². The number of rotatable bonds is 2. The van der Waals surface area contributed by atoms with Crippen LogP contribution in [-0.4, -0.2) is 46.6 Å². The number of benzene rings is 1. The van der Waals surface area contributed by atoms with Crippen molar-refractivity contribution in [1.29, 1.82) is 0 Å². The molecule has 0 spiro atoms. The van der Waals surface area contributed by atoms with E-state index in [0.29, 0.717) is 18.8 Å². The zero-order valence-corrected chi connectivity index (χ0v) is 11.7. The second kappa shape index (κ2) is 5.46. The van der Waals surface area contributed by atoms with E-state index in [0.717, 1.165) is 24.5 Å². The van der Waals surface area contributed by atoms with Crippen molar-refractivity contribution in [3.63, 3.8) is 0 Å². The molecule has 104 valence electrons. The zero-order chi connectivity index (χ0) is 13.9. The molecule has 1 fully saturated rings. The van der Waals surface area contributed by atoms with E-state index in [1.54, 1.807) is 5.38 Å². The topological polar surface area (TPSA) is 75.3 Å². The molecule has 0 bridgehead atoms. The van der Waals surface area contributed by atoms with Gasteiger partial charge in [-0.1, -0.05) is 10.6 Å². The molecular weight excluding hydrogens is 274 g/mol. The minimum absolute atomic E-state index is 0.0361. The highest BCUT2D eigenvalue weighted by Crippen LogP contribution is 2.19. The molecule has 2 N–H and O–H groups in total. The van der Waals surface area contributed by atoms with Gasteiger partial charge in [0.25, 0.3) is 5.91 Å². The summed E-state index contributed by atoms with van der Waals surface area (Å²) in [6, 6.07) is 7.82. The van der Waals surface area contributed by atoms with Crippen LogP contribution >= 0.6 is 11.5 Å². The molecule has 3 rings (SSSR count). The number of hydrogen-bond donors (Lipinski definition) is 1. The Balaban J connectivity index is 1.64. The average Bonchev–Trinajstić information content (AvgIpc) is 3.01. The summed E-state index contributed by atoms with van der Waals surface area (Å²) in [5, 5.41) is 5.51. The lowest BCUT2D eigenvalue weighted by Gasteiger charge is -2.35. The number of aromatic nitrogens is 2. The summed E-state index contributed by atoms with van der Waals surface area (Å²) in [6.45, 7) is 2.97. The van der Waals surface area contributed by atoms with Crippen LogP contribution in [0.15, 0.2) is 29.6 Å². The number of nitrogens with zero attached hydrogens (tertiary/aromatic N) is 4. The summed E-state index contributed by atoms with van der Waals surface area (Å²) in [5.74, 6) is -0.0361. The molecule has 1 amide bonds. The van der Waals surface area contributed by atoms with Crippen molar-refractivity contribution in [2.75, 3.05) is 36.8 Å². The summed E-state index contributed by atoms with van der Waals surface area (Å²) in [4.78, 5) is 16.2. The van der Waals surface area contributed by atoms with Crippen LogP contribution in [0.25, 0.3) is 0 Å². The predicted octanol–water partition coefficient (Wildman–Crippen LogP) is 1.08. The summed E-state index contributed by atoms with van der Waals surface area (Å²) in [5.41, 5.74) is 8.10. The van der Waals surface area contributed by atoms with Crippen molar-refractivity contribution < 1.29 is 4.79 Å². The maximum absolute atomic E-state index is 12.1. The highest BCUT2D eigenvalue weighted by atomic mass is 32.1. The van der Waals surface area contributed by atoms with Gasteiger partial charge in [0.05, 0.1) is 0 Å². The SMILES string of the molecule is Nc1cccc(N2CCN(C(=O)c3csnn3)CC2)c1. The first-order valence-electron chi connectivity index (χ1n) is 6.41. The lowest BCUT2D eigenvalue weighted by Crippen LogP contribution is -2.48. The summed E-state index contributed by atoms with van der Waals surface area (Å²) >= 11 is 1.20. The molecule has 6 nitrogen and oxygen atoms in total. The van der Waals surface area contributed by atoms with Gasteiger partial charge in [0.15, 0.2) is 5.69 Å². The van der Waals surface area contributed by atoms with Gasteiger partial charge in [-0.05, 0) is 29.7 Å². The Morgan fingerprint density at radius 2 is 2.05 bits per heavy atom. The molecule has 1 aliphatic rings. The number of amides is 1. The third-order valence-electron chi connectivity index (χ3n) is 3.38. The number of carbonyl (C=O) groups is 1. The van der Waals surface area contributed by atoms with Gasteiger partial charge in [-0.25, -0.2) is 0 Å². The summed E-state index contributed by atoms with van der Waals surface area (Å²) in [7, 11) is 0. The Morgan fingerprint density at radius 1 is 1.25 bits per heavy atom. The van der Waals surface area contributed by atoms with Crippen LogP contribution < -0.4 is 10.6 Å². The normalized spacial score (nSPS) is 15.4. The van der Waals surface area contributed by atoms with Crippen molar-refractivity contribution in [2.24, 2.45) is 0 Å². The van der Waals surface area contributed by atoms with Gasteiger partial charge in [-0.2, -0.15) is 0 Å². The van der Waals surface area contributed by atoms with Crippen molar-refractivity contribution >= 4 is 28.8 Å². The first kappa shape index (κ1) is 12.9. The van der Waals surface area contributed by atoms with Gasteiger partial charge in [0, 0.05) is 42.9 Å². The first-order chi connectivity index (χ1) is 9.74. The van der Waals surface area contributed by atoms with E-state index in [1.807, 2.05) is 29.2 Å². The minimum Gasteiger partial charge on any atom is -0.399 e.